The summed E-state index contributed by atoms with van der Waals surface area (Å²) in [7, 11) is 0. The van der Waals surface area contributed by atoms with Crippen LogP contribution in [0.5, 0.6) is 0 Å². The van der Waals surface area contributed by atoms with E-state index in [4.69, 9.17) is 0 Å². The normalized spacial score (nSPS) is 17.6. The first kappa shape index (κ1) is 12.4. The fraction of sp³-hybridized carbons (Fsp3) is 0.800. The van der Waals surface area contributed by atoms with Crippen molar-refractivity contribution in [2.24, 2.45) is 0 Å². The van der Waals surface area contributed by atoms with Gasteiger partial charge >= 0.3 is 0 Å². The van der Waals surface area contributed by atoms with Crippen LogP contribution in [0, 0.1) is 0 Å². The lowest BCUT2D eigenvalue weighted by atomic mass is 10.2. The van der Waals surface area contributed by atoms with Crippen molar-refractivity contribution in [1.29, 1.82) is 0 Å². The number of hydrogen-bond donors (Lipinski definition) is 2. The molecule has 2 amide bonds. The molecule has 0 aromatic carbocycles. The van der Waals surface area contributed by atoms with Crippen molar-refractivity contribution in [2.45, 2.75) is 32.2 Å². The molecule has 1 rings (SSSR count). The van der Waals surface area contributed by atoms with E-state index in [0.29, 0.717) is 12.2 Å². The van der Waals surface area contributed by atoms with E-state index in [9.17, 15) is 9.59 Å². The van der Waals surface area contributed by atoms with E-state index in [1.807, 2.05) is 4.90 Å². The summed E-state index contributed by atoms with van der Waals surface area (Å²) < 4.78 is 0. The van der Waals surface area contributed by atoms with Crippen LogP contribution in [0.15, 0.2) is 0 Å². The van der Waals surface area contributed by atoms with Crippen LogP contribution in [0.2, 0.25) is 0 Å². The van der Waals surface area contributed by atoms with Gasteiger partial charge in [0.05, 0.1) is 0 Å². The quantitative estimate of drug-likeness (QED) is 0.688. The molecule has 1 unspecified atom stereocenters. The van der Waals surface area contributed by atoms with Crippen LogP contribution in [0.4, 0.5) is 0 Å². The van der Waals surface area contributed by atoms with E-state index in [0.717, 1.165) is 25.9 Å². The minimum Gasteiger partial charge on any atom is -0.345 e. The fourth-order valence-corrected chi connectivity index (χ4v) is 1.89. The van der Waals surface area contributed by atoms with Crippen molar-refractivity contribution in [3.05, 3.63) is 0 Å². The number of nitrogens with zero attached hydrogens (tertiary/aromatic N) is 1. The number of likely N-dealkylation sites (tertiary alicyclic amines) is 1. The van der Waals surface area contributed by atoms with Gasteiger partial charge in [-0.05, 0) is 25.5 Å². The minimum absolute atomic E-state index is 0.0278. The summed E-state index contributed by atoms with van der Waals surface area (Å²) in [6.45, 7) is 3.38. The molecule has 0 radical (unpaired) electrons. The van der Waals surface area contributed by atoms with Gasteiger partial charge in [-0.2, -0.15) is 12.6 Å². The third-order valence-electron chi connectivity index (χ3n) is 2.50. The van der Waals surface area contributed by atoms with E-state index >= 15 is 0 Å². The van der Waals surface area contributed by atoms with Crippen LogP contribution in [0.25, 0.3) is 0 Å². The smallest absolute Gasteiger partial charge is 0.244 e. The summed E-state index contributed by atoms with van der Waals surface area (Å²) >= 11 is 3.97. The van der Waals surface area contributed by atoms with Gasteiger partial charge in [0.15, 0.2) is 0 Å². The molecular weight excluding hydrogens is 212 g/mol. The molecule has 5 heteroatoms. The Labute approximate surface area is 95.8 Å². The Bertz CT molecular complexity index is 240. The lowest BCUT2D eigenvalue weighted by Crippen LogP contribution is -2.45. The van der Waals surface area contributed by atoms with E-state index in [1.165, 1.54) is 0 Å². The average molecular weight is 230 g/mol. The molecule has 0 bridgehead atoms. The van der Waals surface area contributed by atoms with Crippen LogP contribution in [-0.2, 0) is 9.59 Å². The van der Waals surface area contributed by atoms with E-state index in [1.54, 1.807) is 6.92 Å². The average Bonchev–Trinajstić information content (AvgIpc) is 2.69. The molecule has 1 saturated heterocycles. The Balaban J connectivity index is 2.35. The lowest BCUT2D eigenvalue weighted by molar-refractivity contribution is -0.135. The molecule has 1 heterocycles. The van der Waals surface area contributed by atoms with Crippen molar-refractivity contribution >= 4 is 24.4 Å². The van der Waals surface area contributed by atoms with Crippen molar-refractivity contribution in [1.82, 2.24) is 10.2 Å². The molecule has 0 aromatic rings. The Morgan fingerprint density at radius 3 is 2.53 bits per heavy atom. The summed E-state index contributed by atoms with van der Waals surface area (Å²) in [6, 6.07) is -0.407. The molecule has 0 aliphatic carbocycles. The second-order valence-electron chi connectivity index (χ2n) is 3.80. The Hall–Kier alpha value is -0.710. The van der Waals surface area contributed by atoms with Crippen molar-refractivity contribution in [3.8, 4) is 0 Å². The highest BCUT2D eigenvalue weighted by atomic mass is 32.1. The molecule has 0 saturated carbocycles. The largest absolute Gasteiger partial charge is 0.345 e. The standard InChI is InChI=1S/C10H18N2O2S/c1-8(11-9(13)4-7-15)10(14)12-5-2-3-6-12/h8,15H,2-7H2,1H3,(H,11,13). The van der Waals surface area contributed by atoms with E-state index < -0.39 is 6.04 Å². The van der Waals surface area contributed by atoms with Gasteiger partial charge in [-0.1, -0.05) is 0 Å². The maximum absolute atomic E-state index is 11.8. The number of carbonyl (C=O) groups is 2. The monoisotopic (exact) mass is 230 g/mol. The first-order valence-electron chi connectivity index (χ1n) is 5.34. The highest BCUT2D eigenvalue weighted by molar-refractivity contribution is 7.80. The predicted octanol–water partition coefficient (Wildman–Crippen LogP) is 0.433. The van der Waals surface area contributed by atoms with Crippen LogP contribution in [0.1, 0.15) is 26.2 Å². The molecule has 86 valence electrons. The Morgan fingerprint density at radius 2 is 2.00 bits per heavy atom. The summed E-state index contributed by atoms with van der Waals surface area (Å²) in [6.07, 6.45) is 2.51. The molecular formula is C10H18N2O2S. The van der Waals surface area contributed by atoms with Gasteiger partial charge in [-0.15, -0.1) is 0 Å². The number of nitrogens with one attached hydrogen (secondary N) is 1. The number of rotatable bonds is 4. The van der Waals surface area contributed by atoms with Gasteiger partial charge < -0.3 is 10.2 Å². The van der Waals surface area contributed by atoms with Crippen molar-refractivity contribution in [3.63, 3.8) is 0 Å². The number of hydrogen-bond acceptors (Lipinski definition) is 3. The minimum atomic E-state index is -0.407. The SMILES string of the molecule is CC(NC(=O)CCS)C(=O)N1CCCC1. The van der Waals surface area contributed by atoms with Gasteiger partial charge in [-0.3, -0.25) is 9.59 Å². The predicted molar refractivity (Wildman–Crippen MR) is 61.9 cm³/mol. The summed E-state index contributed by atoms with van der Waals surface area (Å²) in [4.78, 5) is 24.8. The third kappa shape index (κ3) is 3.74. The Kier molecular flexibility index (Phi) is 4.94. The molecule has 1 fully saturated rings. The van der Waals surface area contributed by atoms with Crippen molar-refractivity contribution in [2.75, 3.05) is 18.8 Å². The van der Waals surface area contributed by atoms with Crippen molar-refractivity contribution < 1.29 is 9.59 Å². The molecule has 1 atom stereocenters. The third-order valence-corrected chi connectivity index (χ3v) is 2.73. The van der Waals surface area contributed by atoms with E-state index in [2.05, 4.69) is 17.9 Å². The zero-order chi connectivity index (χ0) is 11.3. The fourth-order valence-electron chi connectivity index (χ4n) is 1.69. The summed E-state index contributed by atoms with van der Waals surface area (Å²) in [5.41, 5.74) is 0. The summed E-state index contributed by atoms with van der Waals surface area (Å²) in [5.74, 6) is 0.432. The van der Waals surface area contributed by atoms with Crippen LogP contribution < -0.4 is 5.32 Å². The van der Waals surface area contributed by atoms with Gasteiger partial charge in [0, 0.05) is 19.5 Å². The lowest BCUT2D eigenvalue weighted by Gasteiger charge is -2.20. The Morgan fingerprint density at radius 1 is 1.40 bits per heavy atom. The first-order valence-corrected chi connectivity index (χ1v) is 5.97. The number of amides is 2. The number of carbonyl (C=O) groups excluding carboxylic acids is 2. The molecule has 0 aromatic heterocycles. The molecule has 1 N–H and O–H groups in total. The van der Waals surface area contributed by atoms with E-state index in [-0.39, 0.29) is 11.8 Å². The molecule has 0 spiro atoms. The first-order chi connectivity index (χ1) is 7.15. The molecule has 4 nitrogen and oxygen atoms in total. The summed E-state index contributed by atoms with van der Waals surface area (Å²) in [5, 5.41) is 2.68. The second-order valence-corrected chi connectivity index (χ2v) is 4.24. The highest BCUT2D eigenvalue weighted by Crippen LogP contribution is 2.08. The molecule has 15 heavy (non-hydrogen) atoms. The van der Waals surface area contributed by atoms with Gasteiger partial charge in [0.1, 0.15) is 6.04 Å². The van der Waals surface area contributed by atoms with Gasteiger partial charge in [-0.25, -0.2) is 0 Å². The molecule has 1 aliphatic heterocycles. The van der Waals surface area contributed by atoms with Crippen LogP contribution >= 0.6 is 12.6 Å². The second kappa shape index (κ2) is 6.00. The zero-order valence-corrected chi connectivity index (χ0v) is 9.93. The number of thiol groups is 1. The maximum atomic E-state index is 11.8. The van der Waals surface area contributed by atoms with Crippen LogP contribution in [-0.4, -0.2) is 41.6 Å². The zero-order valence-electron chi connectivity index (χ0n) is 9.03. The molecule has 1 aliphatic rings. The van der Waals surface area contributed by atoms with Crippen LogP contribution in [0.3, 0.4) is 0 Å². The maximum Gasteiger partial charge on any atom is 0.244 e. The highest BCUT2D eigenvalue weighted by Gasteiger charge is 2.23. The topological polar surface area (TPSA) is 49.4 Å². The van der Waals surface area contributed by atoms with Gasteiger partial charge in [0.25, 0.3) is 0 Å². The van der Waals surface area contributed by atoms with Gasteiger partial charge in [0.2, 0.25) is 11.8 Å².